The Morgan fingerprint density at radius 3 is 2.00 bits per heavy atom. The van der Waals surface area contributed by atoms with E-state index in [1.807, 2.05) is 4.90 Å². The predicted octanol–water partition coefficient (Wildman–Crippen LogP) is 4.50. The molecule has 2 aromatic carbocycles. The Hall–Kier alpha value is -5.03. The number of hydrogen-bond donors (Lipinski definition) is 0. The van der Waals surface area contributed by atoms with Crippen molar-refractivity contribution in [2.75, 3.05) is 31.1 Å². The van der Waals surface area contributed by atoms with Crippen LogP contribution < -0.4 is 9.64 Å². The average molecular weight is 599 g/mol. The molecule has 0 radical (unpaired) electrons. The molecular weight excluding hydrogens is 568 g/mol. The van der Waals surface area contributed by atoms with Gasteiger partial charge in [-0.3, -0.25) is 19.4 Å². The lowest BCUT2D eigenvalue weighted by atomic mass is 10.1. The van der Waals surface area contributed by atoms with Crippen molar-refractivity contribution in [1.29, 1.82) is 0 Å². The van der Waals surface area contributed by atoms with Crippen molar-refractivity contribution in [3.8, 4) is 11.6 Å². The zero-order valence-electron chi connectivity index (χ0n) is 23.8. The second kappa shape index (κ2) is 14.7. The number of amides is 1. The Bertz CT molecular complexity index is 1590. The maximum absolute atomic E-state index is 13.0. The van der Waals surface area contributed by atoms with Crippen LogP contribution in [0.1, 0.15) is 49.3 Å². The molecule has 3 heterocycles. The number of ether oxygens (including phenoxy) is 1. The van der Waals surface area contributed by atoms with Gasteiger partial charge in [0.05, 0.1) is 0 Å². The van der Waals surface area contributed by atoms with Gasteiger partial charge in [0.1, 0.15) is 11.4 Å². The fourth-order valence-corrected chi connectivity index (χ4v) is 4.51. The number of ketones is 2. The molecule has 5 rings (SSSR count). The summed E-state index contributed by atoms with van der Waals surface area (Å²) in [6.07, 6.45) is 3.21. The first-order chi connectivity index (χ1) is 20.8. The summed E-state index contributed by atoms with van der Waals surface area (Å²) < 4.78 is 22.3. The number of Topliss-reactive ketones (excluding diaryl/α,β-unsaturated/α-hetero) is 2. The molecule has 0 spiro atoms. The highest BCUT2D eigenvalue weighted by atomic mass is 32.1. The Kier molecular flexibility index (Phi) is 10.6. The van der Waals surface area contributed by atoms with Crippen molar-refractivity contribution in [3.05, 3.63) is 113 Å². The van der Waals surface area contributed by atoms with Gasteiger partial charge in [-0.25, -0.2) is 4.98 Å². The second-order valence-corrected chi connectivity index (χ2v) is 10.0. The summed E-state index contributed by atoms with van der Waals surface area (Å²) in [5, 5.41) is 0. The van der Waals surface area contributed by atoms with Crippen LogP contribution in [0.3, 0.4) is 0 Å². The first-order valence-corrected chi connectivity index (χ1v) is 14.2. The molecule has 0 saturated carbocycles. The normalized spacial score (nSPS) is 12.5. The van der Waals surface area contributed by atoms with Crippen LogP contribution in [-0.2, 0) is 18.0 Å². The third-order valence-corrected chi connectivity index (χ3v) is 6.92. The zero-order valence-corrected chi connectivity index (χ0v) is 24.6. The molecule has 220 valence electrons. The molecule has 0 unspecified atom stereocenters. The van der Waals surface area contributed by atoms with Crippen LogP contribution in [0.5, 0.6) is 11.6 Å². The van der Waals surface area contributed by atoms with Crippen molar-refractivity contribution in [1.82, 2.24) is 14.9 Å². The van der Waals surface area contributed by atoms with E-state index >= 15 is 0 Å². The van der Waals surface area contributed by atoms with Crippen LogP contribution in [0, 0.1) is 6.92 Å². The molecule has 1 fully saturated rings. The molecule has 1 saturated heterocycles. The zero-order chi connectivity index (χ0) is 30.8. The number of hydrogen-bond acceptors (Lipinski definition) is 9. The quantitative estimate of drug-likeness (QED) is 0.270. The number of anilines is 1. The number of pyridine rings is 2. The van der Waals surface area contributed by atoms with Crippen LogP contribution in [0.15, 0.2) is 85.2 Å². The predicted molar refractivity (Wildman–Crippen MR) is 161 cm³/mol. The van der Waals surface area contributed by atoms with Gasteiger partial charge < -0.3 is 14.5 Å². The van der Waals surface area contributed by atoms with Gasteiger partial charge in [0.2, 0.25) is 5.88 Å². The van der Waals surface area contributed by atoms with Crippen molar-refractivity contribution >= 4 is 34.7 Å². The Morgan fingerprint density at radius 1 is 0.791 bits per heavy atom. The van der Waals surface area contributed by atoms with E-state index in [0.29, 0.717) is 41.5 Å². The molecule has 0 N–H and O–H groups in total. The molecule has 0 atom stereocenters. The molecule has 10 nitrogen and oxygen atoms in total. The number of aromatic nitrogens is 2. The molecule has 1 amide bonds. The highest BCUT2D eigenvalue weighted by Crippen LogP contribution is 2.21. The summed E-state index contributed by atoms with van der Waals surface area (Å²) in [5.74, 6) is 0.695. The molecule has 1 aliphatic heterocycles. The van der Waals surface area contributed by atoms with Gasteiger partial charge in [-0.15, -0.1) is 0 Å². The van der Waals surface area contributed by atoms with Gasteiger partial charge in [-0.1, -0.05) is 23.8 Å². The van der Waals surface area contributed by atoms with Crippen molar-refractivity contribution < 1.29 is 27.5 Å². The van der Waals surface area contributed by atoms with E-state index in [1.54, 1.807) is 54.7 Å². The minimum atomic E-state index is -0.750. The summed E-state index contributed by atoms with van der Waals surface area (Å²) in [6, 6.07) is 22.0. The van der Waals surface area contributed by atoms with Crippen molar-refractivity contribution in [3.63, 3.8) is 0 Å². The Balaban J connectivity index is 0.00000135. The van der Waals surface area contributed by atoms with Gasteiger partial charge in [0.25, 0.3) is 5.91 Å². The number of piperazine rings is 1. The second-order valence-electron chi connectivity index (χ2n) is 9.90. The maximum Gasteiger partial charge on any atom is 0.335 e. The largest absolute Gasteiger partial charge is 0.439 e. The van der Waals surface area contributed by atoms with Crippen molar-refractivity contribution in [2.24, 2.45) is 0 Å². The van der Waals surface area contributed by atoms with Crippen LogP contribution >= 0.6 is 0 Å². The lowest BCUT2D eigenvalue weighted by Gasteiger charge is -2.36. The highest BCUT2D eigenvalue weighted by molar-refractivity contribution is 7.51. The van der Waals surface area contributed by atoms with E-state index in [-0.39, 0.29) is 23.9 Å². The lowest BCUT2D eigenvalue weighted by molar-refractivity contribution is 0.0740. The summed E-state index contributed by atoms with van der Waals surface area (Å²) in [7, 11) is 0. The third kappa shape index (κ3) is 8.49. The molecule has 1 aliphatic rings. The molecule has 43 heavy (non-hydrogen) atoms. The van der Waals surface area contributed by atoms with Crippen LogP contribution in [0.4, 0.5) is 5.69 Å². The average Bonchev–Trinajstić information content (AvgIpc) is 3.03. The minimum Gasteiger partial charge on any atom is -0.439 e. The van der Waals surface area contributed by atoms with E-state index in [4.69, 9.17) is 13.2 Å². The molecule has 0 aliphatic carbocycles. The molecule has 0 bridgehead atoms. The molecule has 4 aromatic rings. The fourth-order valence-electron chi connectivity index (χ4n) is 4.51. The SMILES string of the molecule is CC(=O)c1ccc(Oc2ccc(CC(=O)c3ccc(C(=O)N4CCN(c5ccc(C)cc5)CC4)nc3)cn2)cc1.O=S=O. The van der Waals surface area contributed by atoms with Gasteiger partial charge >= 0.3 is 11.6 Å². The van der Waals surface area contributed by atoms with Gasteiger partial charge in [0.15, 0.2) is 11.6 Å². The van der Waals surface area contributed by atoms with E-state index in [9.17, 15) is 14.4 Å². The van der Waals surface area contributed by atoms with Gasteiger partial charge in [0, 0.05) is 67.9 Å². The Morgan fingerprint density at radius 2 is 1.44 bits per heavy atom. The summed E-state index contributed by atoms with van der Waals surface area (Å²) in [4.78, 5) is 49.9. The first kappa shape index (κ1) is 30.9. The minimum absolute atomic E-state index is 0.0113. The van der Waals surface area contributed by atoms with E-state index in [1.165, 1.54) is 18.7 Å². The molecular formula is C32H30N4O6S. The van der Waals surface area contributed by atoms with Crippen LogP contribution in [-0.4, -0.2) is 66.9 Å². The summed E-state index contributed by atoms with van der Waals surface area (Å²) in [5.41, 5.74) is 4.50. The maximum atomic E-state index is 13.0. The number of carbonyl (C=O) groups is 3. The fraction of sp³-hybridized carbons (Fsp3) is 0.219. The standard InChI is InChI=1S/C32H30N4O4.O2S/c1-22-3-9-27(10-4-22)35-15-17-36(18-16-35)32(39)29-13-8-26(21-33-29)30(38)19-24-5-14-31(34-20-24)40-28-11-6-25(7-12-28)23(2)37;1-3-2/h3-14,20-21H,15-19H2,1-2H3;. The molecule has 2 aromatic heterocycles. The van der Waals surface area contributed by atoms with Crippen LogP contribution in [0.2, 0.25) is 0 Å². The highest BCUT2D eigenvalue weighted by Gasteiger charge is 2.23. The number of nitrogens with zero attached hydrogens (tertiary/aromatic N) is 4. The first-order valence-electron chi connectivity index (χ1n) is 13.5. The topological polar surface area (TPSA) is 127 Å². The number of rotatable bonds is 8. The van der Waals surface area contributed by atoms with Crippen LogP contribution in [0.25, 0.3) is 0 Å². The van der Waals surface area contributed by atoms with E-state index in [2.05, 4.69) is 46.1 Å². The monoisotopic (exact) mass is 598 g/mol. The summed E-state index contributed by atoms with van der Waals surface area (Å²) >= 11 is -0.750. The van der Waals surface area contributed by atoms with Gasteiger partial charge in [-0.2, -0.15) is 8.42 Å². The number of benzene rings is 2. The smallest absolute Gasteiger partial charge is 0.335 e. The van der Waals surface area contributed by atoms with E-state index in [0.717, 1.165) is 24.3 Å². The van der Waals surface area contributed by atoms with E-state index < -0.39 is 11.6 Å². The third-order valence-electron chi connectivity index (χ3n) is 6.92. The summed E-state index contributed by atoms with van der Waals surface area (Å²) in [6.45, 7) is 6.33. The lowest BCUT2D eigenvalue weighted by Crippen LogP contribution is -2.49. The molecule has 11 heteroatoms. The Labute approximate surface area is 252 Å². The van der Waals surface area contributed by atoms with Crippen molar-refractivity contribution in [2.45, 2.75) is 20.3 Å². The number of carbonyl (C=O) groups excluding carboxylic acids is 3. The van der Waals surface area contributed by atoms with Gasteiger partial charge in [-0.05, 0) is 67.9 Å². The number of aryl methyl sites for hydroxylation is 1.